The second kappa shape index (κ2) is 6.39. The number of aryl methyl sites for hydroxylation is 1. The van der Waals surface area contributed by atoms with Crippen LogP contribution in [0.4, 0.5) is 10.1 Å². The van der Waals surface area contributed by atoms with Crippen molar-refractivity contribution in [3.8, 4) is 0 Å². The van der Waals surface area contributed by atoms with Gasteiger partial charge in [-0.05, 0) is 37.6 Å². The van der Waals surface area contributed by atoms with E-state index < -0.39 is 5.82 Å². The molecule has 4 heteroatoms. The molecule has 0 fully saturated rings. The molecule has 0 saturated carbocycles. The van der Waals surface area contributed by atoms with Gasteiger partial charge >= 0.3 is 0 Å². The van der Waals surface area contributed by atoms with Crippen LogP contribution in [0.2, 0.25) is 0 Å². The van der Waals surface area contributed by atoms with Gasteiger partial charge in [-0.3, -0.25) is 4.79 Å². The van der Waals surface area contributed by atoms with E-state index in [4.69, 9.17) is 5.73 Å². The topological polar surface area (TPSA) is 46.3 Å². The van der Waals surface area contributed by atoms with E-state index in [0.717, 1.165) is 11.1 Å². The highest BCUT2D eigenvalue weighted by atomic mass is 19.1. The van der Waals surface area contributed by atoms with Crippen molar-refractivity contribution in [3.05, 3.63) is 65.0 Å². The zero-order valence-corrected chi connectivity index (χ0v) is 12.3. The first-order valence-electron chi connectivity index (χ1n) is 6.91. The number of nitrogens with two attached hydrogens (primary N) is 1. The minimum absolute atomic E-state index is 0.00698. The minimum atomic E-state index is -0.506. The lowest BCUT2D eigenvalue weighted by Crippen LogP contribution is -2.30. The molecule has 2 rings (SSSR count). The lowest BCUT2D eigenvalue weighted by atomic mass is 10.1. The molecule has 0 spiro atoms. The molecule has 0 aliphatic heterocycles. The molecule has 110 valence electrons. The third-order valence-corrected chi connectivity index (χ3v) is 3.37. The van der Waals surface area contributed by atoms with Crippen molar-refractivity contribution in [2.45, 2.75) is 20.4 Å². The molecule has 0 saturated heterocycles. The average molecular weight is 286 g/mol. The van der Waals surface area contributed by atoms with Gasteiger partial charge in [0.2, 0.25) is 0 Å². The smallest absolute Gasteiger partial charge is 0.254 e. The SMILES string of the molecule is CCN(Cc1cccc(C)c1)C(=O)c1ccc(F)c(N)c1. The molecule has 0 radical (unpaired) electrons. The summed E-state index contributed by atoms with van der Waals surface area (Å²) in [6, 6.07) is 12.1. The van der Waals surface area contributed by atoms with Crippen LogP contribution < -0.4 is 5.73 Å². The number of hydrogen-bond acceptors (Lipinski definition) is 2. The lowest BCUT2D eigenvalue weighted by Gasteiger charge is -2.21. The van der Waals surface area contributed by atoms with Gasteiger partial charge in [0.15, 0.2) is 0 Å². The second-order valence-electron chi connectivity index (χ2n) is 5.04. The van der Waals surface area contributed by atoms with Gasteiger partial charge in [0.1, 0.15) is 5.82 Å². The number of rotatable bonds is 4. The monoisotopic (exact) mass is 286 g/mol. The van der Waals surface area contributed by atoms with E-state index in [1.165, 1.54) is 18.2 Å². The van der Waals surface area contributed by atoms with Gasteiger partial charge in [0.25, 0.3) is 5.91 Å². The quantitative estimate of drug-likeness (QED) is 0.876. The molecule has 2 N–H and O–H groups in total. The molecule has 0 aromatic heterocycles. The average Bonchev–Trinajstić information content (AvgIpc) is 2.47. The molecule has 0 aliphatic carbocycles. The zero-order chi connectivity index (χ0) is 15.4. The third kappa shape index (κ3) is 3.60. The molecule has 0 heterocycles. The maximum Gasteiger partial charge on any atom is 0.254 e. The van der Waals surface area contributed by atoms with E-state index in [0.29, 0.717) is 18.7 Å². The summed E-state index contributed by atoms with van der Waals surface area (Å²) in [6.45, 7) is 5.03. The number of carbonyl (C=O) groups is 1. The van der Waals surface area contributed by atoms with Crippen molar-refractivity contribution < 1.29 is 9.18 Å². The van der Waals surface area contributed by atoms with E-state index in [9.17, 15) is 9.18 Å². The first-order chi connectivity index (χ1) is 10.0. The number of hydrogen-bond donors (Lipinski definition) is 1. The van der Waals surface area contributed by atoms with Crippen molar-refractivity contribution in [2.24, 2.45) is 0 Å². The zero-order valence-electron chi connectivity index (χ0n) is 12.3. The molecule has 2 aromatic carbocycles. The van der Waals surface area contributed by atoms with E-state index in [1.54, 1.807) is 4.90 Å². The highest BCUT2D eigenvalue weighted by molar-refractivity contribution is 5.95. The molecule has 0 aliphatic rings. The summed E-state index contributed by atoms with van der Waals surface area (Å²) in [4.78, 5) is 14.2. The second-order valence-corrected chi connectivity index (χ2v) is 5.04. The number of nitrogen functional groups attached to an aromatic ring is 1. The van der Waals surface area contributed by atoms with E-state index in [-0.39, 0.29) is 11.6 Å². The largest absolute Gasteiger partial charge is 0.396 e. The predicted molar refractivity (Wildman–Crippen MR) is 82.4 cm³/mol. The number of amides is 1. The number of halogens is 1. The summed E-state index contributed by atoms with van der Waals surface area (Å²) >= 11 is 0. The number of benzene rings is 2. The fourth-order valence-electron chi connectivity index (χ4n) is 2.22. The van der Waals surface area contributed by atoms with Gasteiger partial charge in [-0.2, -0.15) is 0 Å². The molecule has 2 aromatic rings. The Balaban J connectivity index is 2.20. The summed E-state index contributed by atoms with van der Waals surface area (Å²) in [5, 5.41) is 0. The summed E-state index contributed by atoms with van der Waals surface area (Å²) in [5.74, 6) is -0.654. The summed E-state index contributed by atoms with van der Waals surface area (Å²) in [6.07, 6.45) is 0. The van der Waals surface area contributed by atoms with E-state index in [2.05, 4.69) is 6.07 Å². The van der Waals surface area contributed by atoms with Crippen LogP contribution in [0.3, 0.4) is 0 Å². The van der Waals surface area contributed by atoms with Crippen LogP contribution in [0.5, 0.6) is 0 Å². The van der Waals surface area contributed by atoms with Crippen molar-refractivity contribution in [1.82, 2.24) is 4.90 Å². The van der Waals surface area contributed by atoms with Crippen LogP contribution in [-0.2, 0) is 6.54 Å². The molecule has 0 bridgehead atoms. The first kappa shape index (κ1) is 15.0. The molecular formula is C17H19FN2O. The highest BCUT2D eigenvalue weighted by Gasteiger charge is 2.15. The van der Waals surface area contributed by atoms with E-state index in [1.807, 2.05) is 32.0 Å². The van der Waals surface area contributed by atoms with Gasteiger partial charge in [-0.1, -0.05) is 29.8 Å². The minimum Gasteiger partial charge on any atom is -0.396 e. The Bertz CT molecular complexity index is 655. The lowest BCUT2D eigenvalue weighted by molar-refractivity contribution is 0.0752. The first-order valence-corrected chi connectivity index (χ1v) is 6.91. The van der Waals surface area contributed by atoms with Crippen LogP contribution in [0.15, 0.2) is 42.5 Å². The number of carbonyl (C=O) groups excluding carboxylic acids is 1. The fraction of sp³-hybridized carbons (Fsp3) is 0.235. The van der Waals surface area contributed by atoms with Gasteiger partial charge in [0.05, 0.1) is 5.69 Å². The normalized spacial score (nSPS) is 10.4. The third-order valence-electron chi connectivity index (χ3n) is 3.37. The van der Waals surface area contributed by atoms with Crippen LogP contribution in [-0.4, -0.2) is 17.4 Å². The van der Waals surface area contributed by atoms with Gasteiger partial charge in [0, 0.05) is 18.7 Å². The predicted octanol–water partition coefficient (Wildman–Crippen LogP) is 3.38. The van der Waals surface area contributed by atoms with Crippen molar-refractivity contribution in [1.29, 1.82) is 0 Å². The molecular weight excluding hydrogens is 267 g/mol. The van der Waals surface area contributed by atoms with Crippen LogP contribution in [0.25, 0.3) is 0 Å². The van der Waals surface area contributed by atoms with Crippen molar-refractivity contribution in [3.63, 3.8) is 0 Å². The number of nitrogens with zero attached hydrogens (tertiary/aromatic N) is 1. The molecule has 0 unspecified atom stereocenters. The molecule has 21 heavy (non-hydrogen) atoms. The highest BCUT2D eigenvalue weighted by Crippen LogP contribution is 2.16. The summed E-state index contributed by atoms with van der Waals surface area (Å²) in [5.41, 5.74) is 8.15. The van der Waals surface area contributed by atoms with Gasteiger partial charge in [-0.15, -0.1) is 0 Å². The number of anilines is 1. The van der Waals surface area contributed by atoms with Gasteiger partial charge in [-0.25, -0.2) is 4.39 Å². The van der Waals surface area contributed by atoms with Crippen molar-refractivity contribution >= 4 is 11.6 Å². The Hall–Kier alpha value is -2.36. The Labute approximate surface area is 124 Å². The Kier molecular flexibility index (Phi) is 4.58. The maximum atomic E-state index is 13.2. The van der Waals surface area contributed by atoms with Crippen LogP contribution >= 0.6 is 0 Å². The Morgan fingerprint density at radius 2 is 2.00 bits per heavy atom. The van der Waals surface area contributed by atoms with E-state index >= 15 is 0 Å². The van der Waals surface area contributed by atoms with Gasteiger partial charge < -0.3 is 10.6 Å². The Morgan fingerprint density at radius 3 is 2.62 bits per heavy atom. The standard InChI is InChI=1S/C17H19FN2O/c1-3-20(11-13-6-4-5-12(2)9-13)17(21)14-7-8-15(18)16(19)10-14/h4-10H,3,11,19H2,1-2H3. The summed E-state index contributed by atoms with van der Waals surface area (Å²) < 4.78 is 13.2. The maximum absolute atomic E-state index is 13.2. The van der Waals surface area contributed by atoms with Crippen LogP contribution in [0.1, 0.15) is 28.4 Å². The summed E-state index contributed by atoms with van der Waals surface area (Å²) in [7, 11) is 0. The molecule has 1 amide bonds. The van der Waals surface area contributed by atoms with Crippen molar-refractivity contribution in [2.75, 3.05) is 12.3 Å². The molecule has 3 nitrogen and oxygen atoms in total. The van der Waals surface area contributed by atoms with Crippen LogP contribution in [0, 0.1) is 12.7 Å². The molecule has 0 atom stereocenters. The fourth-order valence-corrected chi connectivity index (χ4v) is 2.22. The Morgan fingerprint density at radius 1 is 1.24 bits per heavy atom.